The Hall–Kier alpha value is -1.39. The maximum absolute atomic E-state index is 11.7. The van der Waals surface area contributed by atoms with Gasteiger partial charge >= 0.3 is 0 Å². The first kappa shape index (κ1) is 13.7. The molecule has 0 saturated heterocycles. The second kappa shape index (κ2) is 5.29. The van der Waals surface area contributed by atoms with Gasteiger partial charge in [-0.15, -0.1) is 0 Å². The summed E-state index contributed by atoms with van der Waals surface area (Å²) in [5.41, 5.74) is 0.535. The molecule has 8 heteroatoms. The Morgan fingerprint density at radius 2 is 2.24 bits per heavy atom. The standard InChI is InChI=1S/C9H11ClN4O2S/c1-3-7(5-11)17(15,16)14-9-12-6(2)4-8(10)13-9/h4,7H,3H2,1-2H3,(H,12,13,14). The first-order valence-corrected chi connectivity index (χ1v) is 6.74. The molecule has 1 aromatic heterocycles. The minimum atomic E-state index is -3.80. The average Bonchev–Trinajstić information content (AvgIpc) is 2.15. The fourth-order valence-electron chi connectivity index (χ4n) is 1.15. The number of nitrogens with zero attached hydrogens (tertiary/aromatic N) is 3. The average molecular weight is 275 g/mol. The van der Waals surface area contributed by atoms with Gasteiger partial charge in [0.1, 0.15) is 5.15 Å². The lowest BCUT2D eigenvalue weighted by Crippen LogP contribution is -2.27. The number of rotatable bonds is 4. The molecule has 92 valence electrons. The SMILES string of the molecule is CCC(C#N)S(=O)(=O)Nc1nc(C)cc(Cl)n1. The highest BCUT2D eigenvalue weighted by molar-refractivity contribution is 7.93. The topological polar surface area (TPSA) is 95.7 Å². The molecule has 6 nitrogen and oxygen atoms in total. The van der Waals surface area contributed by atoms with Crippen LogP contribution in [0.1, 0.15) is 19.0 Å². The van der Waals surface area contributed by atoms with Gasteiger partial charge in [-0.2, -0.15) is 5.26 Å². The van der Waals surface area contributed by atoms with Crippen molar-refractivity contribution >= 4 is 27.6 Å². The maximum Gasteiger partial charge on any atom is 0.251 e. The highest BCUT2D eigenvalue weighted by Crippen LogP contribution is 2.13. The Kier molecular flexibility index (Phi) is 4.26. The smallest absolute Gasteiger partial charge is 0.250 e. The van der Waals surface area contributed by atoms with Crippen molar-refractivity contribution in [3.05, 3.63) is 16.9 Å². The number of nitrogens with one attached hydrogen (secondary N) is 1. The van der Waals surface area contributed by atoms with Crippen LogP contribution in [0.3, 0.4) is 0 Å². The van der Waals surface area contributed by atoms with Crippen LogP contribution >= 0.6 is 11.6 Å². The van der Waals surface area contributed by atoms with E-state index < -0.39 is 15.3 Å². The van der Waals surface area contributed by atoms with Crippen LogP contribution in [0.2, 0.25) is 5.15 Å². The van der Waals surface area contributed by atoms with Gasteiger partial charge < -0.3 is 0 Å². The van der Waals surface area contributed by atoms with Crippen LogP contribution in [-0.4, -0.2) is 23.6 Å². The number of nitriles is 1. The Bertz CT molecular complexity index is 532. The predicted molar refractivity (Wildman–Crippen MR) is 64.0 cm³/mol. The molecule has 0 aliphatic heterocycles. The Labute approximate surface area is 105 Å². The molecule has 0 aliphatic rings. The van der Waals surface area contributed by atoms with Crippen molar-refractivity contribution in [3.63, 3.8) is 0 Å². The van der Waals surface area contributed by atoms with Gasteiger partial charge in [0, 0.05) is 5.69 Å². The zero-order chi connectivity index (χ0) is 13.1. The van der Waals surface area contributed by atoms with E-state index in [1.807, 2.05) is 0 Å². The van der Waals surface area contributed by atoms with Gasteiger partial charge in [0.15, 0.2) is 5.25 Å². The number of anilines is 1. The van der Waals surface area contributed by atoms with Crippen molar-refractivity contribution in [3.8, 4) is 6.07 Å². The normalized spacial score (nSPS) is 12.8. The van der Waals surface area contributed by atoms with Crippen LogP contribution in [0.15, 0.2) is 6.07 Å². The molecule has 1 aromatic rings. The van der Waals surface area contributed by atoms with Crippen molar-refractivity contribution in [2.45, 2.75) is 25.5 Å². The zero-order valence-corrected chi connectivity index (χ0v) is 10.9. The predicted octanol–water partition coefficient (Wildman–Crippen LogP) is 1.48. The lowest BCUT2D eigenvalue weighted by Gasteiger charge is -2.10. The maximum atomic E-state index is 11.7. The van der Waals surface area contributed by atoms with Gasteiger partial charge in [-0.3, -0.25) is 4.72 Å². The third-order valence-corrected chi connectivity index (χ3v) is 3.79. The Balaban J connectivity index is 3.02. The van der Waals surface area contributed by atoms with Crippen molar-refractivity contribution in [1.29, 1.82) is 5.26 Å². The van der Waals surface area contributed by atoms with Crippen LogP contribution in [0.4, 0.5) is 5.95 Å². The quantitative estimate of drug-likeness (QED) is 0.839. The molecule has 17 heavy (non-hydrogen) atoms. The first-order chi connectivity index (χ1) is 7.89. The number of hydrogen-bond donors (Lipinski definition) is 1. The van der Waals surface area contributed by atoms with Crippen LogP contribution in [0, 0.1) is 18.3 Å². The molecule has 0 amide bonds. The van der Waals surface area contributed by atoms with Crippen molar-refractivity contribution in [2.24, 2.45) is 0 Å². The van der Waals surface area contributed by atoms with Gasteiger partial charge in [0.25, 0.3) is 10.0 Å². The van der Waals surface area contributed by atoms with Crippen LogP contribution in [0.5, 0.6) is 0 Å². The van der Waals surface area contributed by atoms with Crippen LogP contribution in [0.25, 0.3) is 0 Å². The number of aryl methyl sites for hydroxylation is 1. The van der Waals surface area contributed by atoms with Crippen LogP contribution in [-0.2, 0) is 10.0 Å². The number of hydrogen-bond acceptors (Lipinski definition) is 5. The summed E-state index contributed by atoms with van der Waals surface area (Å²) in [6.45, 7) is 3.27. The van der Waals surface area contributed by atoms with E-state index >= 15 is 0 Å². The van der Waals surface area contributed by atoms with E-state index in [0.29, 0.717) is 5.69 Å². The van der Waals surface area contributed by atoms with E-state index in [0.717, 1.165) is 0 Å². The molecule has 1 N–H and O–H groups in total. The van der Waals surface area contributed by atoms with E-state index in [2.05, 4.69) is 14.7 Å². The molecule has 0 fully saturated rings. The first-order valence-electron chi connectivity index (χ1n) is 4.81. The molecular formula is C9H11ClN4O2S. The van der Waals surface area contributed by atoms with Gasteiger partial charge in [0.2, 0.25) is 5.95 Å². The summed E-state index contributed by atoms with van der Waals surface area (Å²) in [4.78, 5) is 7.60. The molecule has 1 heterocycles. The summed E-state index contributed by atoms with van der Waals surface area (Å²) in [5.74, 6) is -0.122. The fraction of sp³-hybridized carbons (Fsp3) is 0.444. The van der Waals surface area contributed by atoms with Crippen molar-refractivity contribution < 1.29 is 8.42 Å². The molecule has 0 aromatic carbocycles. The summed E-state index contributed by atoms with van der Waals surface area (Å²) in [7, 11) is -3.80. The third-order valence-electron chi connectivity index (χ3n) is 1.95. The van der Waals surface area contributed by atoms with E-state index in [-0.39, 0.29) is 17.5 Å². The summed E-state index contributed by atoms with van der Waals surface area (Å²) in [5, 5.41) is 7.72. The van der Waals surface area contributed by atoms with Gasteiger partial charge in [-0.25, -0.2) is 18.4 Å². The molecule has 1 atom stereocenters. The second-order valence-electron chi connectivity index (χ2n) is 3.33. The Morgan fingerprint density at radius 3 is 2.71 bits per heavy atom. The minimum absolute atomic E-state index is 0.122. The summed E-state index contributed by atoms with van der Waals surface area (Å²) in [6, 6.07) is 3.20. The molecule has 0 aliphatic carbocycles. The lowest BCUT2D eigenvalue weighted by molar-refractivity contribution is 0.592. The number of aromatic nitrogens is 2. The summed E-state index contributed by atoms with van der Waals surface area (Å²) >= 11 is 5.68. The zero-order valence-electron chi connectivity index (χ0n) is 9.31. The second-order valence-corrected chi connectivity index (χ2v) is 5.58. The molecule has 0 saturated carbocycles. The van der Waals surface area contributed by atoms with Gasteiger partial charge in [-0.05, 0) is 19.4 Å². The monoisotopic (exact) mass is 274 g/mol. The molecule has 0 spiro atoms. The molecular weight excluding hydrogens is 264 g/mol. The van der Waals surface area contributed by atoms with Gasteiger partial charge in [-0.1, -0.05) is 18.5 Å². The van der Waals surface area contributed by atoms with Crippen LogP contribution < -0.4 is 4.72 Å². The highest BCUT2D eigenvalue weighted by atomic mass is 35.5. The van der Waals surface area contributed by atoms with Crippen molar-refractivity contribution in [1.82, 2.24) is 9.97 Å². The molecule has 1 unspecified atom stereocenters. The molecule has 0 radical (unpaired) electrons. The summed E-state index contributed by atoms with van der Waals surface area (Å²) in [6.07, 6.45) is 0.186. The fourth-order valence-corrected chi connectivity index (χ4v) is 2.46. The molecule has 0 bridgehead atoms. The minimum Gasteiger partial charge on any atom is -0.250 e. The molecule has 1 rings (SSSR count). The van der Waals surface area contributed by atoms with Crippen molar-refractivity contribution in [2.75, 3.05) is 4.72 Å². The highest BCUT2D eigenvalue weighted by Gasteiger charge is 2.24. The number of halogens is 1. The van der Waals surface area contributed by atoms with E-state index in [9.17, 15) is 8.42 Å². The van der Waals surface area contributed by atoms with E-state index in [1.165, 1.54) is 6.07 Å². The lowest BCUT2D eigenvalue weighted by atomic mass is 10.4. The summed E-state index contributed by atoms with van der Waals surface area (Å²) < 4.78 is 25.6. The van der Waals surface area contributed by atoms with E-state index in [4.69, 9.17) is 16.9 Å². The Morgan fingerprint density at radius 1 is 1.59 bits per heavy atom. The van der Waals surface area contributed by atoms with E-state index in [1.54, 1.807) is 19.9 Å². The number of sulfonamides is 1. The van der Waals surface area contributed by atoms with Gasteiger partial charge in [0.05, 0.1) is 6.07 Å². The largest absolute Gasteiger partial charge is 0.251 e. The third kappa shape index (κ3) is 3.54.